The van der Waals surface area contributed by atoms with Crippen LogP contribution in [0.5, 0.6) is 5.75 Å². The van der Waals surface area contributed by atoms with Gasteiger partial charge in [-0.2, -0.15) is 5.26 Å². The Hall–Kier alpha value is -1.31. The van der Waals surface area contributed by atoms with E-state index in [1.165, 1.54) is 18.9 Å². The maximum atomic E-state index is 10.3. The van der Waals surface area contributed by atoms with Crippen LogP contribution in [0.2, 0.25) is 25.2 Å². The fraction of sp³-hybridized carbons (Fsp3) is 0.632. The highest BCUT2D eigenvalue weighted by Gasteiger charge is 2.23. The number of rotatable bonds is 10. The summed E-state index contributed by atoms with van der Waals surface area (Å²) in [5.74, 6) is 0.533. The zero-order valence-electron chi connectivity index (χ0n) is 15.0. The molecule has 0 aliphatic rings. The number of aliphatic hydroxyl groups is 1. The molecule has 0 bridgehead atoms. The highest BCUT2D eigenvalue weighted by Crippen LogP contribution is 2.27. The van der Waals surface area contributed by atoms with Gasteiger partial charge in [-0.25, -0.2) is 0 Å². The van der Waals surface area contributed by atoms with Crippen molar-refractivity contribution in [1.29, 1.82) is 5.26 Å². The van der Waals surface area contributed by atoms with Crippen molar-refractivity contribution in [3.63, 3.8) is 0 Å². The van der Waals surface area contributed by atoms with Crippen LogP contribution in [0.4, 0.5) is 0 Å². The highest BCUT2D eigenvalue weighted by molar-refractivity contribution is 6.77. The van der Waals surface area contributed by atoms with E-state index in [2.05, 4.69) is 26.1 Å². The van der Waals surface area contributed by atoms with Crippen LogP contribution in [0.1, 0.15) is 44.1 Å². The second-order valence-corrected chi connectivity index (χ2v) is 12.5. The molecule has 23 heavy (non-hydrogen) atoms. The number of ether oxygens (including phenoxy) is 1. The molecule has 0 heterocycles. The zero-order chi connectivity index (χ0) is 17.3. The Labute approximate surface area is 142 Å². The van der Waals surface area contributed by atoms with E-state index in [-0.39, 0.29) is 5.92 Å². The number of aliphatic hydroxyl groups excluding tert-OH is 1. The first kappa shape index (κ1) is 19.7. The van der Waals surface area contributed by atoms with Crippen LogP contribution in [0.25, 0.3) is 0 Å². The highest BCUT2D eigenvalue weighted by atomic mass is 28.3. The average molecular weight is 334 g/mol. The Morgan fingerprint density at radius 3 is 2.39 bits per heavy atom. The summed E-state index contributed by atoms with van der Waals surface area (Å²) in [6.45, 7) is 7.03. The molecular formula is C19H31NO2Si. The van der Waals surface area contributed by atoms with Crippen LogP contribution >= 0.6 is 0 Å². The summed E-state index contributed by atoms with van der Waals surface area (Å²) in [6, 6.07) is 12.4. The first-order valence-electron chi connectivity index (χ1n) is 8.63. The quantitative estimate of drug-likeness (QED) is 0.616. The lowest BCUT2D eigenvalue weighted by molar-refractivity contribution is 0.156. The minimum absolute atomic E-state index is 0.253. The minimum atomic E-state index is -1.20. The van der Waals surface area contributed by atoms with E-state index >= 15 is 0 Å². The van der Waals surface area contributed by atoms with Gasteiger partial charge in [0.15, 0.2) is 0 Å². The second kappa shape index (κ2) is 9.74. The number of hydrogen-bond donors (Lipinski definition) is 1. The third-order valence-electron chi connectivity index (χ3n) is 4.54. The van der Waals surface area contributed by atoms with Crippen molar-refractivity contribution in [3.05, 3.63) is 29.8 Å². The minimum Gasteiger partial charge on any atom is -0.497 e. The molecule has 0 spiro atoms. The fourth-order valence-electron chi connectivity index (χ4n) is 2.83. The molecule has 0 radical (unpaired) electrons. The third kappa shape index (κ3) is 7.19. The van der Waals surface area contributed by atoms with Crippen molar-refractivity contribution in [3.8, 4) is 11.8 Å². The third-order valence-corrected chi connectivity index (χ3v) is 7.89. The van der Waals surface area contributed by atoms with E-state index in [0.717, 1.165) is 23.8 Å². The van der Waals surface area contributed by atoms with Crippen LogP contribution in [-0.2, 0) is 0 Å². The average Bonchev–Trinajstić information content (AvgIpc) is 2.56. The van der Waals surface area contributed by atoms with E-state index in [1.54, 1.807) is 7.11 Å². The second-order valence-electron chi connectivity index (χ2n) is 7.15. The van der Waals surface area contributed by atoms with Crippen LogP contribution in [0, 0.1) is 11.3 Å². The Kier molecular flexibility index (Phi) is 8.36. The summed E-state index contributed by atoms with van der Waals surface area (Å²) < 4.78 is 5.14. The molecule has 0 aliphatic carbocycles. The van der Waals surface area contributed by atoms with Crippen LogP contribution in [0.3, 0.4) is 0 Å². The summed E-state index contributed by atoms with van der Waals surface area (Å²) in [5, 5.41) is 19.8. The Morgan fingerprint density at radius 2 is 1.87 bits per heavy atom. The van der Waals surface area contributed by atoms with Gasteiger partial charge < -0.3 is 9.84 Å². The molecule has 0 unspecified atom stereocenters. The molecule has 0 aliphatic heterocycles. The first-order chi connectivity index (χ1) is 10.9. The molecule has 128 valence electrons. The zero-order valence-corrected chi connectivity index (χ0v) is 16.0. The molecule has 1 aromatic rings. The normalized spacial score (nSPS) is 14.1. The van der Waals surface area contributed by atoms with Crippen molar-refractivity contribution in [2.45, 2.75) is 69.8 Å². The van der Waals surface area contributed by atoms with Crippen molar-refractivity contribution in [2.24, 2.45) is 0 Å². The molecule has 0 saturated carbocycles. The maximum absolute atomic E-state index is 10.3. The topological polar surface area (TPSA) is 53.2 Å². The molecule has 0 saturated heterocycles. The summed E-state index contributed by atoms with van der Waals surface area (Å²) in [4.78, 5) is 0. The number of benzene rings is 1. The van der Waals surface area contributed by atoms with E-state index in [4.69, 9.17) is 4.74 Å². The van der Waals surface area contributed by atoms with Crippen molar-refractivity contribution in [1.82, 2.24) is 0 Å². The number of nitrogens with zero attached hydrogens (tertiary/aromatic N) is 1. The van der Waals surface area contributed by atoms with Gasteiger partial charge in [-0.1, -0.05) is 57.1 Å². The van der Waals surface area contributed by atoms with E-state index in [0.29, 0.717) is 6.42 Å². The molecule has 1 rings (SSSR count). The predicted octanol–water partition coefficient (Wildman–Crippen LogP) is 4.95. The number of unbranched alkanes of at least 4 members (excludes halogenated alkanes) is 1. The van der Waals surface area contributed by atoms with E-state index in [9.17, 15) is 10.4 Å². The molecular weight excluding hydrogens is 302 g/mol. The van der Waals surface area contributed by atoms with Gasteiger partial charge in [-0.3, -0.25) is 0 Å². The monoisotopic (exact) mass is 333 g/mol. The number of methoxy groups -OCH3 is 1. The molecule has 1 aromatic carbocycles. The summed E-state index contributed by atoms with van der Waals surface area (Å²) in [5.41, 5.74) is 0.954. The maximum Gasteiger partial charge on any atom is 0.118 e. The lowest BCUT2D eigenvalue weighted by Gasteiger charge is -2.24. The predicted molar refractivity (Wildman–Crippen MR) is 98.6 cm³/mol. The standard InChI is InChI=1S/C19H31NO2Si/c1-5-6-12-23(3,4)13-11-18(21)14-17(15-20)16-7-9-19(22-2)10-8-16/h7-10,17-18,21H,5-6,11-14H2,1-4H3/t17-,18-/m1/s1. The van der Waals surface area contributed by atoms with Gasteiger partial charge in [0, 0.05) is 8.07 Å². The summed E-state index contributed by atoms with van der Waals surface area (Å²) in [6.07, 6.45) is 3.47. The van der Waals surface area contributed by atoms with Gasteiger partial charge in [0.2, 0.25) is 0 Å². The van der Waals surface area contributed by atoms with Crippen molar-refractivity contribution >= 4 is 8.07 Å². The van der Waals surface area contributed by atoms with Gasteiger partial charge in [0.1, 0.15) is 5.75 Å². The number of hydrogen-bond acceptors (Lipinski definition) is 3. The van der Waals surface area contributed by atoms with Gasteiger partial charge in [0.05, 0.1) is 25.2 Å². The van der Waals surface area contributed by atoms with Crippen molar-refractivity contribution in [2.75, 3.05) is 7.11 Å². The molecule has 0 aromatic heterocycles. The molecule has 3 nitrogen and oxygen atoms in total. The van der Waals surface area contributed by atoms with Crippen LogP contribution in [0.15, 0.2) is 24.3 Å². The van der Waals surface area contributed by atoms with Gasteiger partial charge >= 0.3 is 0 Å². The fourth-order valence-corrected chi connectivity index (χ4v) is 5.50. The van der Waals surface area contributed by atoms with Crippen LogP contribution in [-0.4, -0.2) is 26.4 Å². The molecule has 1 N–H and O–H groups in total. The van der Waals surface area contributed by atoms with Crippen LogP contribution < -0.4 is 4.74 Å². The summed E-state index contributed by atoms with van der Waals surface area (Å²) >= 11 is 0. The Balaban J connectivity index is 2.53. The number of nitriles is 1. The van der Waals surface area contributed by atoms with Crippen molar-refractivity contribution < 1.29 is 9.84 Å². The first-order valence-corrected chi connectivity index (χ1v) is 12.0. The summed E-state index contributed by atoms with van der Waals surface area (Å²) in [7, 11) is 0.430. The molecule has 0 fully saturated rings. The van der Waals surface area contributed by atoms with E-state index < -0.39 is 14.2 Å². The lowest BCUT2D eigenvalue weighted by atomic mass is 9.93. The van der Waals surface area contributed by atoms with Gasteiger partial charge in [-0.15, -0.1) is 0 Å². The largest absolute Gasteiger partial charge is 0.497 e. The molecule has 2 atom stereocenters. The van der Waals surface area contributed by atoms with E-state index in [1.807, 2.05) is 24.3 Å². The lowest BCUT2D eigenvalue weighted by Crippen LogP contribution is -2.27. The SMILES string of the molecule is CCCC[Si](C)(C)CC[C@@H](O)C[C@H](C#N)c1ccc(OC)cc1. The van der Waals surface area contributed by atoms with Gasteiger partial charge in [0.25, 0.3) is 0 Å². The molecule has 4 heteroatoms. The Morgan fingerprint density at radius 1 is 1.22 bits per heavy atom. The smallest absolute Gasteiger partial charge is 0.118 e. The Bertz CT molecular complexity index is 493. The van der Waals surface area contributed by atoms with Gasteiger partial charge in [-0.05, 0) is 30.5 Å². The molecule has 0 amide bonds.